The lowest BCUT2D eigenvalue weighted by molar-refractivity contribution is 0.0925. The van der Waals surface area contributed by atoms with E-state index in [0.717, 1.165) is 12.2 Å². The summed E-state index contributed by atoms with van der Waals surface area (Å²) in [6.07, 6.45) is 7.34. The smallest absolute Gasteiger partial charge is 0.270 e. The van der Waals surface area contributed by atoms with Crippen molar-refractivity contribution in [3.05, 3.63) is 36.4 Å². The highest BCUT2D eigenvalue weighted by molar-refractivity contribution is 5.92. The summed E-state index contributed by atoms with van der Waals surface area (Å²) >= 11 is 0. The lowest BCUT2D eigenvalue weighted by atomic mass is 10.2. The molecular formula is C11H15N5O. The first-order valence-electron chi connectivity index (χ1n) is 5.48. The van der Waals surface area contributed by atoms with Crippen LogP contribution in [0.5, 0.6) is 0 Å². The molecule has 1 unspecified atom stereocenters. The van der Waals surface area contributed by atoms with Gasteiger partial charge >= 0.3 is 0 Å². The number of aryl methyl sites for hydroxylation is 1. The van der Waals surface area contributed by atoms with Crippen molar-refractivity contribution in [3.63, 3.8) is 0 Å². The van der Waals surface area contributed by atoms with E-state index in [0.29, 0.717) is 5.69 Å². The highest BCUT2D eigenvalue weighted by Gasteiger charge is 2.17. The Morgan fingerprint density at radius 3 is 3.00 bits per heavy atom. The summed E-state index contributed by atoms with van der Waals surface area (Å²) in [5, 5.41) is 2.92. The van der Waals surface area contributed by atoms with Crippen molar-refractivity contribution in [1.29, 1.82) is 0 Å². The highest BCUT2D eigenvalue weighted by atomic mass is 16.2. The number of hydrogen-bond donors (Lipinski definition) is 2. The Morgan fingerprint density at radius 1 is 1.65 bits per heavy atom. The molecule has 0 aliphatic carbocycles. The Morgan fingerprint density at radius 2 is 2.47 bits per heavy atom. The Bertz CT molecular complexity index is 488. The minimum atomic E-state index is -0.145. The first-order valence-corrected chi connectivity index (χ1v) is 5.48. The molecule has 0 aliphatic rings. The molecule has 6 heteroatoms. The van der Waals surface area contributed by atoms with Crippen molar-refractivity contribution < 1.29 is 4.79 Å². The van der Waals surface area contributed by atoms with Gasteiger partial charge in [0, 0.05) is 19.4 Å². The van der Waals surface area contributed by atoms with Gasteiger partial charge in [0.05, 0.1) is 18.6 Å². The summed E-state index contributed by atoms with van der Waals surface area (Å²) in [6, 6.07) is -0.104. The number of rotatable bonds is 4. The third-order valence-electron chi connectivity index (χ3n) is 2.61. The Kier molecular flexibility index (Phi) is 3.22. The zero-order chi connectivity index (χ0) is 12.3. The van der Waals surface area contributed by atoms with Crippen LogP contribution in [-0.2, 0) is 7.05 Å². The average molecular weight is 233 g/mol. The van der Waals surface area contributed by atoms with Gasteiger partial charge in [0.25, 0.3) is 5.91 Å². The standard InChI is InChI=1S/C11H15N5O/c1-3-8(10-13-4-5-14-10)15-11(17)9-6-12-7-16(9)2/h4-8H,3H2,1-2H3,(H,13,14)(H,15,17). The number of imidazole rings is 2. The molecule has 0 bridgehead atoms. The van der Waals surface area contributed by atoms with Gasteiger partial charge in [-0.05, 0) is 6.42 Å². The first-order chi connectivity index (χ1) is 8.22. The molecule has 0 aliphatic heterocycles. The molecule has 0 saturated heterocycles. The minimum absolute atomic E-state index is 0.104. The molecule has 6 nitrogen and oxygen atoms in total. The molecule has 90 valence electrons. The highest BCUT2D eigenvalue weighted by Crippen LogP contribution is 2.12. The number of carbonyl (C=O) groups is 1. The quantitative estimate of drug-likeness (QED) is 0.828. The van der Waals surface area contributed by atoms with Gasteiger partial charge in [0.2, 0.25) is 0 Å². The monoisotopic (exact) mass is 233 g/mol. The number of nitrogens with zero attached hydrogens (tertiary/aromatic N) is 3. The van der Waals surface area contributed by atoms with Crippen molar-refractivity contribution >= 4 is 5.91 Å². The van der Waals surface area contributed by atoms with Crippen molar-refractivity contribution in [1.82, 2.24) is 24.8 Å². The minimum Gasteiger partial charge on any atom is -0.347 e. The van der Waals surface area contributed by atoms with Gasteiger partial charge in [-0.15, -0.1) is 0 Å². The van der Waals surface area contributed by atoms with Crippen LogP contribution in [0.1, 0.15) is 35.7 Å². The maximum Gasteiger partial charge on any atom is 0.270 e. The molecule has 0 saturated carbocycles. The van der Waals surface area contributed by atoms with Crippen molar-refractivity contribution in [3.8, 4) is 0 Å². The van der Waals surface area contributed by atoms with Crippen LogP contribution in [0.4, 0.5) is 0 Å². The number of amides is 1. The van der Waals surface area contributed by atoms with Gasteiger partial charge in [-0.25, -0.2) is 9.97 Å². The van der Waals surface area contributed by atoms with Gasteiger partial charge in [-0.2, -0.15) is 0 Å². The number of carbonyl (C=O) groups excluding carboxylic acids is 1. The fraction of sp³-hybridized carbons (Fsp3) is 0.364. The number of hydrogen-bond acceptors (Lipinski definition) is 3. The largest absolute Gasteiger partial charge is 0.347 e. The molecule has 2 heterocycles. The summed E-state index contributed by atoms with van der Waals surface area (Å²) in [5.74, 6) is 0.622. The third-order valence-corrected chi connectivity index (χ3v) is 2.61. The maximum absolute atomic E-state index is 12.0. The Hall–Kier alpha value is -2.11. The summed E-state index contributed by atoms with van der Waals surface area (Å²) < 4.78 is 1.68. The van der Waals surface area contributed by atoms with Crippen LogP contribution < -0.4 is 5.32 Å². The summed E-state index contributed by atoms with van der Waals surface area (Å²) in [7, 11) is 1.79. The number of aromatic amines is 1. The zero-order valence-corrected chi connectivity index (χ0v) is 9.84. The molecule has 2 aromatic rings. The van der Waals surface area contributed by atoms with E-state index in [-0.39, 0.29) is 11.9 Å². The van der Waals surface area contributed by atoms with Crippen LogP contribution in [0.2, 0.25) is 0 Å². The van der Waals surface area contributed by atoms with Crippen molar-refractivity contribution in [2.75, 3.05) is 0 Å². The fourth-order valence-corrected chi connectivity index (χ4v) is 1.64. The lowest BCUT2D eigenvalue weighted by Crippen LogP contribution is -2.30. The van der Waals surface area contributed by atoms with Crippen LogP contribution in [0, 0.1) is 0 Å². The topological polar surface area (TPSA) is 75.6 Å². The van der Waals surface area contributed by atoms with E-state index in [1.807, 2.05) is 6.92 Å². The molecule has 2 aromatic heterocycles. The van der Waals surface area contributed by atoms with E-state index < -0.39 is 0 Å². The summed E-state index contributed by atoms with van der Waals surface area (Å²) in [6.45, 7) is 2.00. The predicted molar refractivity (Wildman–Crippen MR) is 62.3 cm³/mol. The number of H-pyrrole nitrogens is 1. The van der Waals surface area contributed by atoms with E-state index in [4.69, 9.17) is 0 Å². The second kappa shape index (κ2) is 4.82. The second-order valence-electron chi connectivity index (χ2n) is 3.80. The molecule has 0 fully saturated rings. The molecule has 1 atom stereocenters. The molecule has 0 aromatic carbocycles. The maximum atomic E-state index is 12.0. The van der Waals surface area contributed by atoms with Crippen LogP contribution in [0.15, 0.2) is 24.9 Å². The van der Waals surface area contributed by atoms with E-state index in [2.05, 4.69) is 20.3 Å². The number of nitrogens with one attached hydrogen (secondary N) is 2. The van der Waals surface area contributed by atoms with Crippen LogP contribution in [-0.4, -0.2) is 25.4 Å². The van der Waals surface area contributed by atoms with E-state index >= 15 is 0 Å². The molecule has 2 rings (SSSR count). The zero-order valence-electron chi connectivity index (χ0n) is 9.84. The Labute approximate surface area is 99.1 Å². The van der Waals surface area contributed by atoms with E-state index in [9.17, 15) is 4.79 Å². The van der Waals surface area contributed by atoms with Gasteiger partial charge < -0.3 is 14.9 Å². The molecule has 0 radical (unpaired) electrons. The van der Waals surface area contributed by atoms with Gasteiger partial charge in [0.15, 0.2) is 0 Å². The number of aromatic nitrogens is 4. The van der Waals surface area contributed by atoms with E-state index in [1.165, 1.54) is 0 Å². The van der Waals surface area contributed by atoms with Crippen molar-refractivity contribution in [2.24, 2.45) is 7.05 Å². The van der Waals surface area contributed by atoms with Crippen molar-refractivity contribution in [2.45, 2.75) is 19.4 Å². The molecular weight excluding hydrogens is 218 g/mol. The molecule has 17 heavy (non-hydrogen) atoms. The molecule has 2 N–H and O–H groups in total. The second-order valence-corrected chi connectivity index (χ2v) is 3.80. The predicted octanol–water partition coefficient (Wildman–Crippen LogP) is 1.02. The van der Waals surface area contributed by atoms with Crippen LogP contribution in [0.25, 0.3) is 0 Å². The molecule has 0 spiro atoms. The van der Waals surface area contributed by atoms with E-state index in [1.54, 1.807) is 36.5 Å². The average Bonchev–Trinajstić information content (AvgIpc) is 2.96. The first kappa shape index (κ1) is 11.4. The van der Waals surface area contributed by atoms with Gasteiger partial charge in [0.1, 0.15) is 11.5 Å². The lowest BCUT2D eigenvalue weighted by Gasteiger charge is -2.14. The third kappa shape index (κ3) is 2.35. The summed E-state index contributed by atoms with van der Waals surface area (Å²) in [5.41, 5.74) is 0.537. The Balaban J connectivity index is 2.10. The van der Waals surface area contributed by atoms with Gasteiger partial charge in [-0.1, -0.05) is 6.92 Å². The fourth-order valence-electron chi connectivity index (χ4n) is 1.64. The summed E-state index contributed by atoms with van der Waals surface area (Å²) in [4.78, 5) is 23.1. The van der Waals surface area contributed by atoms with Gasteiger partial charge in [-0.3, -0.25) is 4.79 Å². The normalized spacial score (nSPS) is 12.4. The molecule has 1 amide bonds. The SMILES string of the molecule is CCC(NC(=O)c1cncn1C)c1ncc[nH]1. The van der Waals surface area contributed by atoms with Crippen LogP contribution >= 0.6 is 0 Å². The van der Waals surface area contributed by atoms with Crippen LogP contribution in [0.3, 0.4) is 0 Å².